The highest BCUT2D eigenvalue weighted by molar-refractivity contribution is 7.13. The molecule has 1 N–H and O–H groups in total. The zero-order valence-corrected chi connectivity index (χ0v) is 16.2. The second kappa shape index (κ2) is 7.58. The summed E-state index contributed by atoms with van der Waals surface area (Å²) in [6, 6.07) is 7.10. The van der Waals surface area contributed by atoms with E-state index in [1.54, 1.807) is 12.1 Å². The molecular weight excluding hydrogens is 348 g/mol. The van der Waals surface area contributed by atoms with Crippen LogP contribution >= 0.6 is 11.3 Å². The maximum atomic E-state index is 12.9. The average Bonchev–Trinajstić information content (AvgIpc) is 3.31. The van der Waals surface area contributed by atoms with Crippen molar-refractivity contribution in [3.05, 3.63) is 35.2 Å². The Morgan fingerprint density at radius 2 is 1.85 bits per heavy atom. The summed E-state index contributed by atoms with van der Waals surface area (Å²) in [4.78, 5) is 28.9. The van der Waals surface area contributed by atoms with Crippen molar-refractivity contribution < 1.29 is 14.3 Å². The van der Waals surface area contributed by atoms with Gasteiger partial charge in [0.25, 0.3) is 0 Å². The highest BCUT2D eigenvalue weighted by Gasteiger charge is 2.43. The van der Waals surface area contributed by atoms with Gasteiger partial charge in [-0.05, 0) is 30.9 Å². The number of carbonyl (C=O) groups is 2. The topological polar surface area (TPSA) is 68.3 Å². The van der Waals surface area contributed by atoms with Gasteiger partial charge >= 0.3 is 5.97 Å². The summed E-state index contributed by atoms with van der Waals surface area (Å²) in [5.41, 5.74) is 1.13. The van der Waals surface area contributed by atoms with Crippen LogP contribution in [-0.4, -0.2) is 24.0 Å². The molecule has 0 aliphatic heterocycles. The Hall–Kier alpha value is -2.21. The van der Waals surface area contributed by atoms with Crippen LogP contribution in [0, 0.1) is 11.3 Å². The molecule has 0 unspecified atom stereocenters. The van der Waals surface area contributed by atoms with E-state index in [-0.39, 0.29) is 17.3 Å². The van der Waals surface area contributed by atoms with Crippen LogP contribution in [0.3, 0.4) is 0 Å². The Morgan fingerprint density at radius 3 is 2.42 bits per heavy atom. The first-order chi connectivity index (χ1) is 12.5. The molecular formula is C20H24N2O3S. The number of amides is 1. The van der Waals surface area contributed by atoms with Crippen LogP contribution in [0.4, 0.5) is 5.82 Å². The number of nitrogens with one attached hydrogen (secondary N) is 1. The van der Waals surface area contributed by atoms with E-state index in [1.165, 1.54) is 18.4 Å². The quantitative estimate of drug-likeness (QED) is 0.769. The third-order valence-electron chi connectivity index (χ3n) is 5.35. The molecule has 5 nitrogen and oxygen atoms in total. The van der Waals surface area contributed by atoms with Crippen molar-refractivity contribution in [3.63, 3.8) is 0 Å². The Kier molecular flexibility index (Phi) is 5.41. The molecule has 3 rings (SSSR count). The second-order valence-corrected chi connectivity index (χ2v) is 7.94. The van der Waals surface area contributed by atoms with Crippen molar-refractivity contribution in [2.45, 2.75) is 39.5 Å². The van der Waals surface area contributed by atoms with Crippen LogP contribution in [0.25, 0.3) is 10.6 Å². The van der Waals surface area contributed by atoms with E-state index in [1.807, 2.05) is 17.5 Å². The van der Waals surface area contributed by atoms with Gasteiger partial charge in [0.05, 0.1) is 18.1 Å². The van der Waals surface area contributed by atoms with Gasteiger partial charge in [0.15, 0.2) is 0 Å². The lowest BCUT2D eigenvalue weighted by Crippen LogP contribution is -2.38. The van der Waals surface area contributed by atoms with Gasteiger partial charge in [0.2, 0.25) is 5.91 Å². The van der Waals surface area contributed by atoms with Crippen molar-refractivity contribution in [2.75, 3.05) is 12.4 Å². The molecule has 1 aliphatic carbocycles. The summed E-state index contributed by atoms with van der Waals surface area (Å²) >= 11 is 1.47. The molecule has 26 heavy (non-hydrogen) atoms. The summed E-state index contributed by atoms with van der Waals surface area (Å²) in [6.07, 6.45) is 4.12. The average molecular weight is 372 g/mol. The van der Waals surface area contributed by atoms with Gasteiger partial charge in [-0.2, -0.15) is 0 Å². The lowest BCUT2D eigenvalue weighted by Gasteiger charge is -2.31. The monoisotopic (exact) mass is 372 g/mol. The minimum Gasteiger partial charge on any atom is -0.465 e. The number of benzene rings is 1. The van der Waals surface area contributed by atoms with Gasteiger partial charge in [0.1, 0.15) is 10.8 Å². The van der Waals surface area contributed by atoms with E-state index in [4.69, 9.17) is 4.74 Å². The number of nitrogens with zero attached hydrogens (tertiary/aromatic N) is 1. The Labute approximate surface area is 157 Å². The van der Waals surface area contributed by atoms with Crippen LogP contribution in [0.15, 0.2) is 29.6 Å². The SMILES string of the molecule is COC(=O)c1ccc(-c2nc(NC(=O)C3(C(C)C)CCCC3)cs2)cc1. The maximum Gasteiger partial charge on any atom is 0.337 e. The molecule has 1 aromatic carbocycles. The molecule has 1 saturated carbocycles. The van der Waals surface area contributed by atoms with E-state index in [9.17, 15) is 9.59 Å². The number of aromatic nitrogens is 1. The lowest BCUT2D eigenvalue weighted by atomic mass is 9.75. The van der Waals surface area contributed by atoms with Crippen molar-refractivity contribution in [3.8, 4) is 10.6 Å². The number of rotatable bonds is 5. The predicted molar refractivity (Wildman–Crippen MR) is 103 cm³/mol. The minimum atomic E-state index is -0.362. The first-order valence-corrected chi connectivity index (χ1v) is 9.80. The Morgan fingerprint density at radius 1 is 1.19 bits per heavy atom. The predicted octanol–water partition coefficient (Wildman–Crippen LogP) is 4.75. The molecule has 6 heteroatoms. The summed E-state index contributed by atoms with van der Waals surface area (Å²) in [5, 5.41) is 5.69. The molecule has 1 amide bonds. The molecule has 2 aromatic rings. The van der Waals surface area contributed by atoms with Crippen LogP contribution in [0.1, 0.15) is 49.9 Å². The van der Waals surface area contributed by atoms with E-state index in [0.29, 0.717) is 17.3 Å². The fourth-order valence-corrected chi connectivity index (χ4v) is 4.40. The van der Waals surface area contributed by atoms with Crippen molar-refractivity contribution in [2.24, 2.45) is 11.3 Å². The molecule has 138 valence electrons. The molecule has 0 spiro atoms. The third kappa shape index (κ3) is 3.51. The van der Waals surface area contributed by atoms with E-state index < -0.39 is 0 Å². The molecule has 0 radical (unpaired) electrons. The summed E-state index contributed by atoms with van der Waals surface area (Å²) in [6.45, 7) is 4.25. The standard InChI is InChI=1S/C20H24N2O3S/c1-13(2)20(10-4-5-11-20)19(24)22-16-12-26-17(21-16)14-6-8-15(9-7-14)18(23)25-3/h6-9,12-13H,4-5,10-11H2,1-3H3,(H,22,24). The normalized spacial score (nSPS) is 15.8. The van der Waals surface area contributed by atoms with Gasteiger partial charge in [0, 0.05) is 10.9 Å². The Bertz CT molecular complexity index is 790. The summed E-state index contributed by atoms with van der Waals surface area (Å²) in [7, 11) is 1.36. The fraction of sp³-hybridized carbons (Fsp3) is 0.450. The van der Waals surface area contributed by atoms with Crippen LogP contribution in [-0.2, 0) is 9.53 Å². The number of hydrogen-bond acceptors (Lipinski definition) is 5. The second-order valence-electron chi connectivity index (χ2n) is 7.08. The molecule has 0 saturated heterocycles. The molecule has 0 atom stereocenters. The van der Waals surface area contributed by atoms with Gasteiger partial charge in [-0.3, -0.25) is 4.79 Å². The lowest BCUT2D eigenvalue weighted by molar-refractivity contribution is -0.127. The zero-order valence-electron chi connectivity index (χ0n) is 15.4. The highest BCUT2D eigenvalue weighted by atomic mass is 32.1. The van der Waals surface area contributed by atoms with E-state index in [2.05, 4.69) is 24.1 Å². The number of anilines is 1. The molecule has 1 aromatic heterocycles. The molecule has 0 bridgehead atoms. The van der Waals surface area contributed by atoms with E-state index in [0.717, 1.165) is 36.3 Å². The number of thiazole rings is 1. The molecule has 1 heterocycles. The van der Waals surface area contributed by atoms with Crippen LogP contribution in [0.2, 0.25) is 0 Å². The molecule has 1 aliphatic rings. The van der Waals surface area contributed by atoms with Crippen molar-refractivity contribution in [1.29, 1.82) is 0 Å². The van der Waals surface area contributed by atoms with Crippen molar-refractivity contribution >= 4 is 29.0 Å². The fourth-order valence-electron chi connectivity index (χ4n) is 3.64. The number of carbonyl (C=O) groups excluding carboxylic acids is 2. The number of ether oxygens (including phenoxy) is 1. The minimum absolute atomic E-state index is 0.0860. The van der Waals surface area contributed by atoms with Gasteiger partial charge in [-0.1, -0.05) is 38.8 Å². The largest absolute Gasteiger partial charge is 0.465 e. The zero-order chi connectivity index (χ0) is 18.7. The first-order valence-electron chi connectivity index (χ1n) is 8.92. The smallest absolute Gasteiger partial charge is 0.337 e. The third-order valence-corrected chi connectivity index (χ3v) is 6.24. The van der Waals surface area contributed by atoms with Crippen LogP contribution < -0.4 is 5.32 Å². The van der Waals surface area contributed by atoms with Gasteiger partial charge in [-0.25, -0.2) is 9.78 Å². The maximum absolute atomic E-state index is 12.9. The first kappa shape index (κ1) is 18.6. The van der Waals surface area contributed by atoms with Crippen LogP contribution in [0.5, 0.6) is 0 Å². The number of esters is 1. The van der Waals surface area contributed by atoms with E-state index >= 15 is 0 Å². The summed E-state index contributed by atoms with van der Waals surface area (Å²) in [5.74, 6) is 0.634. The Balaban J connectivity index is 1.74. The number of methoxy groups -OCH3 is 1. The highest BCUT2D eigenvalue weighted by Crippen LogP contribution is 2.45. The van der Waals surface area contributed by atoms with Gasteiger partial charge < -0.3 is 10.1 Å². The molecule has 1 fully saturated rings. The summed E-state index contributed by atoms with van der Waals surface area (Å²) < 4.78 is 4.71. The number of hydrogen-bond donors (Lipinski definition) is 1. The van der Waals surface area contributed by atoms with Crippen molar-refractivity contribution in [1.82, 2.24) is 4.98 Å². The van der Waals surface area contributed by atoms with Gasteiger partial charge in [-0.15, -0.1) is 11.3 Å².